The standard InChI is InChI=1S/C13H16N2O3.C8H16N2O2/c1-4-9(17-2)12-14-11-8(13(16)15-12)6-5-7-10(11)18-3;1-9-5-3-2-4-8(6-11)10-7-12/h5-7,9H,4H2,1-3H3,(H,14,15,16);6-9H,2-5H2,1H3,(H,10,12). The average Bonchev–Trinajstić information content (AvgIpc) is 2.77. The fourth-order valence-corrected chi connectivity index (χ4v) is 2.89. The van der Waals surface area contributed by atoms with E-state index in [1.165, 1.54) is 0 Å². The van der Waals surface area contributed by atoms with E-state index >= 15 is 0 Å². The van der Waals surface area contributed by atoms with Gasteiger partial charge in [-0.1, -0.05) is 13.0 Å². The van der Waals surface area contributed by atoms with Crippen LogP contribution in [-0.4, -0.2) is 56.5 Å². The lowest BCUT2D eigenvalue weighted by Gasteiger charge is -2.13. The minimum atomic E-state index is -0.306. The summed E-state index contributed by atoms with van der Waals surface area (Å²) in [7, 11) is 5.05. The van der Waals surface area contributed by atoms with E-state index in [-0.39, 0.29) is 17.7 Å². The van der Waals surface area contributed by atoms with Crippen molar-refractivity contribution in [3.8, 4) is 5.75 Å². The van der Waals surface area contributed by atoms with Crippen LogP contribution < -0.4 is 20.9 Å². The Labute approximate surface area is 176 Å². The highest BCUT2D eigenvalue weighted by Gasteiger charge is 2.14. The lowest BCUT2D eigenvalue weighted by Crippen LogP contribution is -2.29. The van der Waals surface area contributed by atoms with Crippen LogP contribution in [0.15, 0.2) is 23.0 Å². The van der Waals surface area contributed by atoms with Gasteiger partial charge in [0.25, 0.3) is 5.56 Å². The third kappa shape index (κ3) is 7.57. The summed E-state index contributed by atoms with van der Waals surface area (Å²) >= 11 is 0. The van der Waals surface area contributed by atoms with E-state index in [2.05, 4.69) is 20.6 Å². The summed E-state index contributed by atoms with van der Waals surface area (Å²) in [4.78, 5) is 39.5. The van der Waals surface area contributed by atoms with Gasteiger partial charge in [-0.05, 0) is 51.4 Å². The van der Waals surface area contributed by atoms with Crippen molar-refractivity contribution < 1.29 is 19.1 Å². The number of ether oxygens (including phenoxy) is 2. The van der Waals surface area contributed by atoms with E-state index in [1.54, 1.807) is 32.4 Å². The van der Waals surface area contributed by atoms with Gasteiger partial charge in [-0.3, -0.25) is 9.59 Å². The summed E-state index contributed by atoms with van der Waals surface area (Å²) in [5.41, 5.74) is 0.388. The van der Waals surface area contributed by atoms with Gasteiger partial charge in [0, 0.05) is 7.11 Å². The maximum absolute atomic E-state index is 12.0. The molecule has 166 valence electrons. The first-order valence-electron chi connectivity index (χ1n) is 9.95. The van der Waals surface area contributed by atoms with Crippen LogP contribution in [0.3, 0.4) is 0 Å². The number of rotatable bonds is 12. The minimum absolute atomic E-state index is 0.176. The molecule has 0 spiro atoms. The van der Waals surface area contributed by atoms with E-state index < -0.39 is 0 Å². The number of nitrogens with zero attached hydrogens (tertiary/aromatic N) is 1. The summed E-state index contributed by atoms with van der Waals surface area (Å²) < 4.78 is 10.5. The van der Waals surface area contributed by atoms with Gasteiger partial charge in [0.15, 0.2) is 0 Å². The van der Waals surface area contributed by atoms with Gasteiger partial charge in [-0.15, -0.1) is 0 Å². The van der Waals surface area contributed by atoms with Crippen molar-refractivity contribution in [1.29, 1.82) is 0 Å². The zero-order chi connectivity index (χ0) is 22.4. The molecule has 2 rings (SSSR count). The molecule has 1 aromatic carbocycles. The van der Waals surface area contributed by atoms with E-state index in [0.29, 0.717) is 28.9 Å². The largest absolute Gasteiger partial charge is 0.494 e. The second kappa shape index (κ2) is 14.2. The van der Waals surface area contributed by atoms with E-state index in [9.17, 15) is 14.4 Å². The summed E-state index contributed by atoms with van der Waals surface area (Å²) in [6.07, 6.45) is 4.56. The Hall–Kier alpha value is -2.78. The second-order valence-corrected chi connectivity index (χ2v) is 6.57. The number of benzene rings is 1. The lowest BCUT2D eigenvalue weighted by molar-refractivity contribution is -0.115. The molecule has 2 unspecified atom stereocenters. The zero-order valence-corrected chi connectivity index (χ0v) is 18.1. The van der Waals surface area contributed by atoms with Crippen LogP contribution in [-0.2, 0) is 14.3 Å². The fraction of sp³-hybridized carbons (Fsp3) is 0.524. The molecule has 0 radical (unpaired) electrons. The highest BCUT2D eigenvalue weighted by Crippen LogP contribution is 2.23. The predicted octanol–water partition coefficient (Wildman–Crippen LogP) is 1.72. The van der Waals surface area contributed by atoms with Gasteiger partial charge in [-0.2, -0.15) is 0 Å². The number of para-hydroxylation sites is 1. The van der Waals surface area contributed by atoms with Crippen LogP contribution in [0.4, 0.5) is 0 Å². The number of unbranched alkanes of at least 4 members (excludes halogenated alkanes) is 1. The molecule has 9 heteroatoms. The molecule has 0 saturated carbocycles. The third-order valence-electron chi connectivity index (χ3n) is 4.54. The van der Waals surface area contributed by atoms with Gasteiger partial charge in [0.1, 0.15) is 29.5 Å². The normalized spacial score (nSPS) is 12.4. The molecule has 2 aromatic rings. The first-order valence-corrected chi connectivity index (χ1v) is 9.95. The smallest absolute Gasteiger partial charge is 0.258 e. The number of nitrogens with one attached hydrogen (secondary N) is 3. The summed E-state index contributed by atoms with van der Waals surface area (Å²) in [5, 5.41) is 5.97. The number of carbonyl (C=O) groups is 2. The number of carbonyl (C=O) groups excluding carboxylic acids is 2. The Bertz CT molecular complexity index is 836. The molecule has 0 aliphatic carbocycles. The van der Waals surface area contributed by atoms with E-state index in [4.69, 9.17) is 9.47 Å². The molecule has 0 saturated heterocycles. The highest BCUT2D eigenvalue weighted by molar-refractivity contribution is 5.83. The van der Waals surface area contributed by atoms with Crippen molar-refractivity contribution in [2.45, 2.75) is 44.8 Å². The van der Waals surface area contributed by atoms with Gasteiger partial charge < -0.3 is 29.9 Å². The van der Waals surface area contributed by atoms with Crippen LogP contribution in [0.1, 0.15) is 44.5 Å². The number of amides is 1. The number of methoxy groups -OCH3 is 2. The molecular formula is C21H32N4O5. The molecule has 1 amide bonds. The molecule has 0 aliphatic heterocycles. The van der Waals surface area contributed by atoms with Gasteiger partial charge in [0.2, 0.25) is 6.41 Å². The second-order valence-electron chi connectivity index (χ2n) is 6.57. The van der Waals surface area contributed by atoms with Crippen LogP contribution in [0.5, 0.6) is 5.75 Å². The molecule has 0 aliphatic rings. The Morgan fingerprint density at radius 1 is 1.23 bits per heavy atom. The topological polar surface area (TPSA) is 122 Å². The van der Waals surface area contributed by atoms with Crippen LogP contribution in [0.2, 0.25) is 0 Å². The first-order chi connectivity index (χ1) is 14.6. The number of H-pyrrole nitrogens is 1. The molecule has 0 bridgehead atoms. The summed E-state index contributed by atoms with van der Waals surface area (Å²) in [6.45, 7) is 2.92. The number of hydrogen-bond acceptors (Lipinski definition) is 7. The van der Waals surface area contributed by atoms with Crippen LogP contribution in [0, 0.1) is 0 Å². The summed E-state index contributed by atoms with van der Waals surface area (Å²) in [5.74, 6) is 1.12. The van der Waals surface area contributed by atoms with Gasteiger partial charge >= 0.3 is 0 Å². The lowest BCUT2D eigenvalue weighted by atomic mass is 10.1. The maximum Gasteiger partial charge on any atom is 0.258 e. The van der Waals surface area contributed by atoms with Crippen molar-refractivity contribution >= 4 is 23.6 Å². The third-order valence-corrected chi connectivity index (χ3v) is 4.54. The Balaban J connectivity index is 0.000000329. The summed E-state index contributed by atoms with van der Waals surface area (Å²) in [6, 6.07) is 4.97. The number of aromatic amines is 1. The molecule has 3 N–H and O–H groups in total. The van der Waals surface area contributed by atoms with Crippen molar-refractivity contribution in [2.24, 2.45) is 0 Å². The highest BCUT2D eigenvalue weighted by atomic mass is 16.5. The quantitative estimate of drug-likeness (QED) is 0.353. The molecule has 9 nitrogen and oxygen atoms in total. The Morgan fingerprint density at radius 3 is 2.57 bits per heavy atom. The van der Waals surface area contributed by atoms with Crippen molar-refractivity contribution in [1.82, 2.24) is 20.6 Å². The van der Waals surface area contributed by atoms with Crippen molar-refractivity contribution in [2.75, 3.05) is 27.8 Å². The predicted molar refractivity (Wildman–Crippen MR) is 116 cm³/mol. The zero-order valence-electron chi connectivity index (χ0n) is 18.1. The van der Waals surface area contributed by atoms with E-state index in [1.807, 2.05) is 14.0 Å². The number of hydrogen-bond donors (Lipinski definition) is 3. The van der Waals surface area contributed by atoms with E-state index in [0.717, 1.165) is 38.5 Å². The Morgan fingerprint density at radius 2 is 2.00 bits per heavy atom. The molecule has 1 aromatic heterocycles. The van der Waals surface area contributed by atoms with Gasteiger partial charge in [0.05, 0.1) is 18.5 Å². The van der Waals surface area contributed by atoms with Gasteiger partial charge in [-0.25, -0.2) is 4.98 Å². The molecule has 30 heavy (non-hydrogen) atoms. The fourth-order valence-electron chi connectivity index (χ4n) is 2.89. The number of aldehydes is 1. The maximum atomic E-state index is 12.0. The first kappa shape index (κ1) is 25.3. The van der Waals surface area contributed by atoms with Crippen molar-refractivity contribution in [3.05, 3.63) is 34.4 Å². The Kier molecular flexibility index (Phi) is 12.0. The molecule has 0 fully saturated rings. The molecule has 2 atom stereocenters. The van der Waals surface area contributed by atoms with Crippen LogP contribution >= 0.6 is 0 Å². The SMILES string of the molecule is CCC(OC)c1nc2c(OC)cccc2c(=O)[nH]1.CNCCCCC(C=O)NC=O. The minimum Gasteiger partial charge on any atom is -0.494 e. The van der Waals surface area contributed by atoms with Crippen LogP contribution in [0.25, 0.3) is 10.9 Å². The molecule has 1 heterocycles. The average molecular weight is 421 g/mol. The number of fused-ring (bicyclic) bond motifs is 1. The molecular weight excluding hydrogens is 388 g/mol. The number of aromatic nitrogens is 2. The van der Waals surface area contributed by atoms with Crippen molar-refractivity contribution in [3.63, 3.8) is 0 Å². The monoisotopic (exact) mass is 420 g/mol.